The molecule has 2 N–H and O–H groups in total. The lowest BCUT2D eigenvalue weighted by atomic mass is 10.1. The van der Waals surface area contributed by atoms with Gasteiger partial charge >= 0.3 is 6.18 Å². The van der Waals surface area contributed by atoms with Crippen molar-refractivity contribution in [1.29, 1.82) is 10.8 Å². The Morgan fingerprint density at radius 1 is 1.00 bits per heavy atom. The number of carbonyl (C=O) groups excluding carboxylic acids is 1. The molecule has 1 saturated heterocycles. The van der Waals surface area contributed by atoms with Crippen LogP contribution in [0.5, 0.6) is 0 Å². The van der Waals surface area contributed by atoms with Crippen molar-refractivity contribution in [1.82, 2.24) is 19.7 Å². The van der Waals surface area contributed by atoms with Crippen LogP contribution in [0.15, 0.2) is 48.7 Å². The molecule has 3 heterocycles. The maximum Gasteiger partial charge on any atom is 0.433 e. The van der Waals surface area contributed by atoms with Gasteiger partial charge in [0, 0.05) is 37.9 Å². The van der Waals surface area contributed by atoms with Crippen molar-refractivity contribution in [2.24, 2.45) is 0 Å². The van der Waals surface area contributed by atoms with Crippen LogP contribution in [0.4, 0.5) is 19.0 Å². The van der Waals surface area contributed by atoms with Gasteiger partial charge in [0.15, 0.2) is 5.84 Å². The Balaban J connectivity index is 1.45. The first-order valence-corrected chi connectivity index (χ1v) is 11.5. The molecule has 0 spiro atoms. The number of rotatable bonds is 4. The van der Waals surface area contributed by atoms with Crippen molar-refractivity contribution in [3.8, 4) is 0 Å². The fourth-order valence-electron chi connectivity index (χ4n) is 3.73. The van der Waals surface area contributed by atoms with Crippen LogP contribution in [0, 0.1) is 10.8 Å². The normalized spacial score (nSPS) is 14.1. The summed E-state index contributed by atoms with van der Waals surface area (Å²) in [6, 6.07) is 10.1. The van der Waals surface area contributed by atoms with E-state index in [2.05, 4.69) is 10.1 Å². The van der Waals surface area contributed by atoms with Gasteiger partial charge in [-0.3, -0.25) is 20.6 Å². The van der Waals surface area contributed by atoms with Crippen molar-refractivity contribution in [3.63, 3.8) is 0 Å². The van der Waals surface area contributed by atoms with Crippen molar-refractivity contribution in [2.45, 2.75) is 12.6 Å². The fraction of sp³-hybridized carbons (Fsp3) is 0.261. The molecule has 1 amide bonds. The van der Waals surface area contributed by atoms with Gasteiger partial charge in [0.1, 0.15) is 17.0 Å². The highest BCUT2D eigenvalue weighted by atomic mass is 35.5. The number of carbonyl (C=O) groups is 1. The zero-order chi connectivity index (χ0) is 26.0. The fourth-order valence-corrected chi connectivity index (χ4v) is 4.05. The van der Waals surface area contributed by atoms with E-state index < -0.39 is 11.9 Å². The summed E-state index contributed by atoms with van der Waals surface area (Å²) in [4.78, 5) is 19.6. The maximum absolute atomic E-state index is 13.0. The lowest BCUT2D eigenvalue weighted by Crippen LogP contribution is -2.50. The van der Waals surface area contributed by atoms with Crippen LogP contribution in [-0.4, -0.2) is 57.6 Å². The molecule has 0 aliphatic carbocycles. The predicted molar refractivity (Wildman–Crippen MR) is 129 cm³/mol. The zero-order valence-corrected chi connectivity index (χ0v) is 20.2. The van der Waals surface area contributed by atoms with Crippen molar-refractivity contribution < 1.29 is 18.0 Å². The van der Waals surface area contributed by atoms with Gasteiger partial charge in [-0.05, 0) is 42.0 Å². The van der Waals surface area contributed by atoms with Crippen LogP contribution < -0.4 is 10.4 Å². The molecule has 2 aromatic heterocycles. The van der Waals surface area contributed by atoms with E-state index in [1.54, 1.807) is 29.2 Å². The van der Waals surface area contributed by atoms with E-state index in [9.17, 15) is 18.0 Å². The van der Waals surface area contributed by atoms with E-state index in [0.29, 0.717) is 42.0 Å². The Bertz CT molecular complexity index is 1370. The maximum atomic E-state index is 13.0. The number of hydrogen-bond donors (Lipinski definition) is 2. The van der Waals surface area contributed by atoms with Crippen LogP contribution in [0.25, 0.3) is 0 Å². The lowest BCUT2D eigenvalue weighted by Gasteiger charge is -2.35. The molecule has 13 heteroatoms. The number of aromatic nitrogens is 3. The van der Waals surface area contributed by atoms with Gasteiger partial charge in [-0.2, -0.15) is 17.9 Å². The van der Waals surface area contributed by atoms with Crippen LogP contribution >= 0.6 is 23.2 Å². The standard InChI is InChI=1S/C23H20Cl2F3N7O/c24-16-2-1-14(11-17(16)25)12-21(36)34-9-7-33(8-10-34)20-4-3-19(29)35(32-20)22(30)15-5-6-31-18(13-15)23(26,27)28/h1-6,11,13,29-30H,7-10,12H2. The van der Waals surface area contributed by atoms with Gasteiger partial charge < -0.3 is 9.80 Å². The van der Waals surface area contributed by atoms with Gasteiger partial charge in [0.25, 0.3) is 0 Å². The second-order valence-corrected chi connectivity index (χ2v) is 8.87. The Hall–Kier alpha value is -3.44. The molecule has 0 unspecified atom stereocenters. The number of nitrogens with zero attached hydrogens (tertiary/aromatic N) is 5. The first-order valence-electron chi connectivity index (χ1n) is 10.8. The highest BCUT2D eigenvalue weighted by molar-refractivity contribution is 6.42. The van der Waals surface area contributed by atoms with Crippen molar-refractivity contribution >= 4 is 40.8 Å². The number of piperazine rings is 1. The number of benzene rings is 1. The average molecular weight is 538 g/mol. The van der Waals surface area contributed by atoms with Crippen LogP contribution in [0.3, 0.4) is 0 Å². The van der Waals surface area contributed by atoms with Crippen molar-refractivity contribution in [3.05, 3.63) is 81.0 Å². The molecule has 1 aliphatic heterocycles. The number of pyridine rings is 1. The summed E-state index contributed by atoms with van der Waals surface area (Å²) in [5.74, 6) is 0.000115. The summed E-state index contributed by atoms with van der Waals surface area (Å²) < 4.78 is 40.0. The number of nitrogens with one attached hydrogen (secondary N) is 2. The minimum Gasteiger partial charge on any atom is -0.352 e. The molecule has 4 rings (SSSR count). The quantitative estimate of drug-likeness (QED) is 0.389. The minimum absolute atomic E-state index is 0.0579. The van der Waals surface area contributed by atoms with Crippen LogP contribution in [0.1, 0.15) is 16.8 Å². The predicted octanol–water partition coefficient (Wildman–Crippen LogP) is 3.85. The molecule has 1 aliphatic rings. The summed E-state index contributed by atoms with van der Waals surface area (Å²) >= 11 is 12.0. The second kappa shape index (κ2) is 10.3. The average Bonchev–Trinajstić information content (AvgIpc) is 2.86. The van der Waals surface area contributed by atoms with E-state index in [4.69, 9.17) is 34.0 Å². The Morgan fingerprint density at radius 2 is 1.72 bits per heavy atom. The smallest absolute Gasteiger partial charge is 0.352 e. The van der Waals surface area contributed by atoms with Gasteiger partial charge in [-0.15, -0.1) is 5.10 Å². The summed E-state index contributed by atoms with van der Waals surface area (Å²) in [6.45, 7) is 1.78. The molecular formula is C23H20Cl2F3N7O. The molecule has 3 aromatic rings. The molecule has 1 fully saturated rings. The molecule has 0 saturated carbocycles. The molecule has 36 heavy (non-hydrogen) atoms. The third-order valence-corrected chi connectivity index (χ3v) is 6.39. The first kappa shape index (κ1) is 25.6. The third-order valence-electron chi connectivity index (χ3n) is 5.65. The summed E-state index contributed by atoms with van der Waals surface area (Å²) in [5, 5.41) is 21.6. The summed E-state index contributed by atoms with van der Waals surface area (Å²) in [5.41, 5.74) is -0.605. The highest BCUT2D eigenvalue weighted by Gasteiger charge is 2.33. The molecular weight excluding hydrogens is 518 g/mol. The first-order chi connectivity index (χ1) is 17.0. The number of alkyl halides is 3. The molecule has 1 aromatic carbocycles. The molecule has 8 nitrogen and oxygen atoms in total. The largest absolute Gasteiger partial charge is 0.433 e. The Kier molecular flexibility index (Phi) is 7.32. The van der Waals surface area contributed by atoms with E-state index in [1.807, 2.05) is 4.90 Å². The topological polar surface area (TPSA) is 102 Å². The van der Waals surface area contributed by atoms with Gasteiger partial charge in [0.05, 0.1) is 16.5 Å². The number of amides is 1. The second-order valence-electron chi connectivity index (χ2n) is 8.06. The minimum atomic E-state index is -4.66. The Labute approximate surface area is 213 Å². The van der Waals surface area contributed by atoms with Gasteiger partial charge in [-0.25, -0.2) is 0 Å². The van der Waals surface area contributed by atoms with Crippen molar-refractivity contribution in [2.75, 3.05) is 31.1 Å². The van der Waals surface area contributed by atoms with Crippen LogP contribution in [0.2, 0.25) is 10.0 Å². The number of halogens is 5. The van der Waals surface area contributed by atoms with E-state index in [-0.39, 0.29) is 29.2 Å². The lowest BCUT2D eigenvalue weighted by molar-refractivity contribution is -0.141. The highest BCUT2D eigenvalue weighted by Crippen LogP contribution is 2.28. The summed E-state index contributed by atoms with van der Waals surface area (Å²) in [7, 11) is 0. The zero-order valence-electron chi connectivity index (χ0n) is 18.7. The van der Waals surface area contributed by atoms with E-state index in [1.165, 1.54) is 12.1 Å². The van der Waals surface area contributed by atoms with Crippen LogP contribution in [-0.2, 0) is 17.4 Å². The Morgan fingerprint density at radius 3 is 2.39 bits per heavy atom. The van der Waals surface area contributed by atoms with E-state index in [0.717, 1.165) is 22.5 Å². The molecule has 0 bridgehead atoms. The van der Waals surface area contributed by atoms with Gasteiger partial charge in [0.2, 0.25) is 5.91 Å². The van der Waals surface area contributed by atoms with E-state index >= 15 is 0 Å². The molecule has 0 radical (unpaired) electrons. The third kappa shape index (κ3) is 5.68. The monoisotopic (exact) mass is 537 g/mol. The number of anilines is 1. The SMILES string of the molecule is N=C(c1ccnc(C(F)(F)F)c1)n1nc(N2CCN(C(=O)Cc3ccc(Cl)c(Cl)c3)CC2)ccc1=N. The molecule has 188 valence electrons. The molecule has 0 atom stereocenters. The number of hydrogen-bond acceptors (Lipinski definition) is 6. The van der Waals surface area contributed by atoms with Gasteiger partial charge in [-0.1, -0.05) is 29.3 Å². The summed E-state index contributed by atoms with van der Waals surface area (Å²) in [6.07, 6.45) is -3.50.